The molecule has 0 spiro atoms. The average Bonchev–Trinajstić information content (AvgIpc) is 2.81. The molecule has 1 amide bonds. The number of ether oxygens (including phenoxy) is 1. The van der Waals surface area contributed by atoms with Gasteiger partial charge in [-0.15, -0.1) is 0 Å². The minimum atomic E-state index is -0.0266. The predicted molar refractivity (Wildman–Crippen MR) is 120 cm³/mol. The van der Waals surface area contributed by atoms with Crippen LogP contribution in [0.3, 0.4) is 0 Å². The van der Waals surface area contributed by atoms with E-state index in [1.54, 1.807) is 36.7 Å². The van der Waals surface area contributed by atoms with Gasteiger partial charge in [-0.3, -0.25) is 9.78 Å². The lowest BCUT2D eigenvalue weighted by Gasteiger charge is -2.36. The molecule has 1 saturated heterocycles. The molecule has 0 aliphatic carbocycles. The number of pyridine rings is 1. The van der Waals surface area contributed by atoms with Crippen LogP contribution >= 0.6 is 11.6 Å². The molecule has 160 valence electrons. The Hall–Kier alpha value is -3.19. The number of rotatable bonds is 5. The monoisotopic (exact) mass is 437 g/mol. The van der Waals surface area contributed by atoms with E-state index in [-0.39, 0.29) is 12.5 Å². The van der Waals surface area contributed by atoms with Crippen LogP contribution in [-0.2, 0) is 4.79 Å². The highest BCUT2D eigenvalue weighted by Crippen LogP contribution is 2.25. The van der Waals surface area contributed by atoms with Gasteiger partial charge in [-0.2, -0.15) is 0 Å². The maximum absolute atomic E-state index is 12.6. The molecular formula is C23H24ClN5O2. The maximum Gasteiger partial charge on any atom is 0.260 e. The van der Waals surface area contributed by atoms with Crippen molar-refractivity contribution >= 4 is 23.3 Å². The van der Waals surface area contributed by atoms with Gasteiger partial charge >= 0.3 is 0 Å². The first-order valence-corrected chi connectivity index (χ1v) is 10.6. The summed E-state index contributed by atoms with van der Waals surface area (Å²) >= 11 is 5.88. The van der Waals surface area contributed by atoms with Crippen LogP contribution in [0.25, 0.3) is 11.4 Å². The molecule has 3 aromatic rings. The van der Waals surface area contributed by atoms with E-state index in [9.17, 15) is 4.79 Å². The number of hydrogen-bond donors (Lipinski definition) is 0. The Kier molecular flexibility index (Phi) is 6.32. The van der Waals surface area contributed by atoms with Gasteiger partial charge in [0.25, 0.3) is 5.91 Å². The third-order valence-electron chi connectivity index (χ3n) is 5.39. The third-order valence-corrected chi connectivity index (χ3v) is 5.64. The number of halogens is 1. The van der Waals surface area contributed by atoms with E-state index in [4.69, 9.17) is 21.3 Å². The Bertz CT molecular complexity index is 1050. The van der Waals surface area contributed by atoms with Gasteiger partial charge in [-0.25, -0.2) is 9.97 Å². The quantitative estimate of drug-likeness (QED) is 0.608. The molecule has 7 nitrogen and oxygen atoms in total. The van der Waals surface area contributed by atoms with E-state index in [1.165, 1.54) is 0 Å². The van der Waals surface area contributed by atoms with Crippen molar-refractivity contribution < 1.29 is 9.53 Å². The number of benzene rings is 1. The maximum atomic E-state index is 12.6. The number of carbonyl (C=O) groups excluding carboxylic acids is 1. The number of hydrogen-bond acceptors (Lipinski definition) is 6. The van der Waals surface area contributed by atoms with Gasteiger partial charge in [0.05, 0.1) is 0 Å². The van der Waals surface area contributed by atoms with E-state index in [2.05, 4.69) is 14.9 Å². The topological polar surface area (TPSA) is 71.5 Å². The molecule has 1 aromatic carbocycles. The van der Waals surface area contributed by atoms with Crippen molar-refractivity contribution in [3.8, 4) is 17.1 Å². The standard InChI is InChI=1S/C23H24ClN5O2/c1-16-17(2)26-22(18-4-3-9-25-14-18)27-23(16)29-12-10-28(11-13-29)21(30)15-31-20-7-5-19(24)6-8-20/h3-9,14H,10-13,15H2,1-2H3. The number of piperazine rings is 1. The second-order valence-electron chi connectivity index (χ2n) is 7.43. The normalized spacial score (nSPS) is 13.9. The number of aromatic nitrogens is 3. The largest absolute Gasteiger partial charge is 0.484 e. The average molecular weight is 438 g/mol. The highest BCUT2D eigenvalue weighted by molar-refractivity contribution is 6.30. The number of aryl methyl sites for hydroxylation is 1. The van der Waals surface area contributed by atoms with Gasteiger partial charge in [0.2, 0.25) is 0 Å². The minimum absolute atomic E-state index is 0.0123. The van der Waals surface area contributed by atoms with Crippen molar-refractivity contribution in [3.63, 3.8) is 0 Å². The van der Waals surface area contributed by atoms with Crippen molar-refractivity contribution in [2.24, 2.45) is 0 Å². The molecular weight excluding hydrogens is 414 g/mol. The van der Waals surface area contributed by atoms with Gasteiger partial charge < -0.3 is 14.5 Å². The Morgan fingerprint density at radius 1 is 1.06 bits per heavy atom. The summed E-state index contributed by atoms with van der Waals surface area (Å²) in [5, 5.41) is 0.636. The van der Waals surface area contributed by atoms with Crippen LogP contribution in [0.15, 0.2) is 48.8 Å². The van der Waals surface area contributed by atoms with Crippen LogP contribution in [0.5, 0.6) is 5.75 Å². The minimum Gasteiger partial charge on any atom is -0.484 e. The molecule has 1 aliphatic rings. The van der Waals surface area contributed by atoms with Crippen molar-refractivity contribution in [3.05, 3.63) is 65.1 Å². The summed E-state index contributed by atoms with van der Waals surface area (Å²) in [7, 11) is 0. The van der Waals surface area contributed by atoms with E-state index in [0.717, 1.165) is 22.6 Å². The molecule has 2 aromatic heterocycles. The van der Waals surface area contributed by atoms with Gasteiger partial charge in [-0.05, 0) is 50.2 Å². The Morgan fingerprint density at radius 2 is 1.81 bits per heavy atom. The fourth-order valence-corrected chi connectivity index (χ4v) is 3.61. The molecule has 0 atom stereocenters. The zero-order chi connectivity index (χ0) is 21.8. The predicted octanol–water partition coefficient (Wildman–Crippen LogP) is 3.54. The Balaban J connectivity index is 1.39. The molecule has 0 bridgehead atoms. The zero-order valence-corrected chi connectivity index (χ0v) is 18.3. The number of nitrogens with zero attached hydrogens (tertiary/aromatic N) is 5. The summed E-state index contributed by atoms with van der Waals surface area (Å²) in [6.07, 6.45) is 3.50. The number of amides is 1. The lowest BCUT2D eigenvalue weighted by atomic mass is 10.2. The van der Waals surface area contributed by atoms with Crippen LogP contribution in [0.4, 0.5) is 5.82 Å². The fourth-order valence-electron chi connectivity index (χ4n) is 3.48. The van der Waals surface area contributed by atoms with Crippen LogP contribution in [0, 0.1) is 13.8 Å². The zero-order valence-electron chi connectivity index (χ0n) is 17.6. The molecule has 8 heteroatoms. The van der Waals surface area contributed by atoms with Crippen molar-refractivity contribution in [2.45, 2.75) is 13.8 Å². The lowest BCUT2D eigenvalue weighted by Crippen LogP contribution is -2.50. The Labute approximate surface area is 186 Å². The second-order valence-corrected chi connectivity index (χ2v) is 7.87. The van der Waals surface area contributed by atoms with Gasteiger partial charge in [0, 0.05) is 60.4 Å². The summed E-state index contributed by atoms with van der Waals surface area (Å²) < 4.78 is 5.60. The summed E-state index contributed by atoms with van der Waals surface area (Å²) in [6, 6.07) is 10.8. The highest BCUT2D eigenvalue weighted by atomic mass is 35.5. The van der Waals surface area contributed by atoms with Gasteiger partial charge in [-0.1, -0.05) is 11.6 Å². The number of carbonyl (C=O) groups is 1. The SMILES string of the molecule is Cc1nc(-c2cccnc2)nc(N2CCN(C(=O)COc3ccc(Cl)cc3)CC2)c1C. The van der Waals surface area contributed by atoms with Crippen molar-refractivity contribution in [1.29, 1.82) is 0 Å². The first-order chi connectivity index (χ1) is 15.0. The van der Waals surface area contributed by atoms with E-state index in [0.29, 0.717) is 42.8 Å². The second kappa shape index (κ2) is 9.31. The van der Waals surface area contributed by atoms with Gasteiger partial charge in [0.1, 0.15) is 11.6 Å². The first kappa shape index (κ1) is 21.1. The lowest BCUT2D eigenvalue weighted by molar-refractivity contribution is -0.133. The van der Waals surface area contributed by atoms with Crippen LogP contribution in [-0.4, -0.2) is 58.5 Å². The Morgan fingerprint density at radius 3 is 2.48 bits per heavy atom. The van der Waals surface area contributed by atoms with Crippen LogP contribution in [0.2, 0.25) is 5.02 Å². The summed E-state index contributed by atoms with van der Waals surface area (Å²) in [4.78, 5) is 30.2. The molecule has 0 saturated carbocycles. The molecule has 31 heavy (non-hydrogen) atoms. The van der Waals surface area contributed by atoms with Crippen molar-refractivity contribution in [1.82, 2.24) is 19.9 Å². The smallest absolute Gasteiger partial charge is 0.260 e. The third kappa shape index (κ3) is 4.94. The van der Waals surface area contributed by atoms with Crippen LogP contribution in [0.1, 0.15) is 11.3 Å². The molecule has 4 rings (SSSR count). The summed E-state index contributed by atoms with van der Waals surface area (Å²) in [5.41, 5.74) is 2.89. The van der Waals surface area contributed by atoms with E-state index >= 15 is 0 Å². The molecule has 0 unspecified atom stereocenters. The van der Waals surface area contributed by atoms with Gasteiger partial charge in [0.15, 0.2) is 12.4 Å². The molecule has 0 radical (unpaired) electrons. The van der Waals surface area contributed by atoms with Crippen LogP contribution < -0.4 is 9.64 Å². The fraction of sp³-hybridized carbons (Fsp3) is 0.304. The van der Waals surface area contributed by atoms with E-state index < -0.39 is 0 Å². The van der Waals surface area contributed by atoms with Crippen molar-refractivity contribution in [2.75, 3.05) is 37.7 Å². The number of anilines is 1. The molecule has 1 aliphatic heterocycles. The molecule has 1 fully saturated rings. The summed E-state index contributed by atoms with van der Waals surface area (Å²) in [6.45, 7) is 6.69. The molecule has 3 heterocycles. The summed E-state index contributed by atoms with van der Waals surface area (Å²) in [5.74, 6) is 2.18. The highest BCUT2D eigenvalue weighted by Gasteiger charge is 2.24. The molecule has 0 N–H and O–H groups in total. The van der Waals surface area contributed by atoms with E-state index in [1.807, 2.05) is 30.9 Å². The first-order valence-electron chi connectivity index (χ1n) is 10.2.